The van der Waals surface area contributed by atoms with Gasteiger partial charge < -0.3 is 5.32 Å². The van der Waals surface area contributed by atoms with Gasteiger partial charge in [-0.3, -0.25) is 0 Å². The summed E-state index contributed by atoms with van der Waals surface area (Å²) >= 11 is 0. The van der Waals surface area contributed by atoms with Crippen molar-refractivity contribution in [2.75, 3.05) is 6.54 Å². The van der Waals surface area contributed by atoms with Gasteiger partial charge in [0.1, 0.15) is 6.17 Å². The van der Waals surface area contributed by atoms with Crippen molar-refractivity contribution >= 4 is 0 Å². The van der Waals surface area contributed by atoms with Crippen molar-refractivity contribution in [2.45, 2.75) is 25.6 Å². The van der Waals surface area contributed by atoms with E-state index >= 15 is 0 Å². The Labute approximate surface area is 79.0 Å². The molecule has 1 nitrogen and oxygen atoms in total. The average molecular weight is 181 g/mol. The number of alkyl halides is 1. The highest BCUT2D eigenvalue weighted by atomic mass is 19.1. The third-order valence-corrected chi connectivity index (χ3v) is 2.14. The smallest absolute Gasteiger partial charge is 0.114 e. The fourth-order valence-corrected chi connectivity index (χ4v) is 1.38. The van der Waals surface area contributed by atoms with Gasteiger partial charge in [-0.15, -0.1) is 0 Å². The second-order valence-corrected chi connectivity index (χ2v) is 3.25. The van der Waals surface area contributed by atoms with E-state index in [0.717, 1.165) is 5.57 Å². The third-order valence-electron chi connectivity index (χ3n) is 2.14. The molecule has 1 heterocycles. The molecule has 0 bridgehead atoms. The number of halogens is 1. The minimum atomic E-state index is -0.711. The van der Waals surface area contributed by atoms with Gasteiger partial charge >= 0.3 is 0 Å². The lowest BCUT2D eigenvalue weighted by molar-refractivity contribution is 0.358. The first kappa shape index (κ1) is 10.2. The van der Waals surface area contributed by atoms with Gasteiger partial charge in [-0.1, -0.05) is 30.9 Å². The summed E-state index contributed by atoms with van der Waals surface area (Å²) in [7, 11) is 0. The quantitative estimate of drug-likeness (QED) is 0.659. The number of hydrogen-bond acceptors (Lipinski definition) is 1. The molecule has 1 fully saturated rings. The summed E-state index contributed by atoms with van der Waals surface area (Å²) in [5.41, 5.74) is 0.957. The van der Waals surface area contributed by atoms with Crippen LogP contribution < -0.4 is 5.32 Å². The monoisotopic (exact) mass is 181 g/mol. The van der Waals surface area contributed by atoms with E-state index in [0.29, 0.717) is 13.0 Å². The van der Waals surface area contributed by atoms with Crippen molar-refractivity contribution in [1.29, 1.82) is 0 Å². The SMILES string of the molecule is C=C(/C=C\C=C/C)[C@H]1C[C@H](F)CN1. The Balaban J connectivity index is 2.40. The topological polar surface area (TPSA) is 12.0 Å². The molecule has 1 N–H and O–H groups in total. The number of hydrogen-bond donors (Lipinski definition) is 1. The highest BCUT2D eigenvalue weighted by Gasteiger charge is 2.24. The van der Waals surface area contributed by atoms with E-state index in [4.69, 9.17) is 0 Å². The van der Waals surface area contributed by atoms with Gasteiger partial charge in [-0.05, 0) is 18.9 Å². The Kier molecular flexibility index (Phi) is 3.90. The van der Waals surface area contributed by atoms with Gasteiger partial charge in [0, 0.05) is 12.6 Å². The van der Waals surface area contributed by atoms with Crippen LogP contribution in [0.15, 0.2) is 36.5 Å². The summed E-state index contributed by atoms with van der Waals surface area (Å²) in [6, 6.07) is 0.122. The molecule has 1 rings (SSSR count). The summed E-state index contributed by atoms with van der Waals surface area (Å²) < 4.78 is 12.8. The molecule has 0 aromatic heterocycles. The van der Waals surface area contributed by atoms with Crippen LogP contribution in [0.5, 0.6) is 0 Å². The Morgan fingerprint density at radius 1 is 1.54 bits per heavy atom. The van der Waals surface area contributed by atoms with Crippen molar-refractivity contribution in [1.82, 2.24) is 5.32 Å². The largest absolute Gasteiger partial charge is 0.307 e. The van der Waals surface area contributed by atoms with E-state index in [9.17, 15) is 4.39 Å². The lowest BCUT2D eigenvalue weighted by Gasteiger charge is -2.08. The minimum Gasteiger partial charge on any atom is -0.307 e. The number of nitrogens with one attached hydrogen (secondary N) is 1. The fraction of sp³-hybridized carbons (Fsp3) is 0.455. The molecule has 2 heteroatoms. The zero-order chi connectivity index (χ0) is 9.68. The van der Waals surface area contributed by atoms with Crippen LogP contribution in [0.1, 0.15) is 13.3 Å². The van der Waals surface area contributed by atoms with E-state index in [1.165, 1.54) is 0 Å². The average Bonchev–Trinajstić information content (AvgIpc) is 2.52. The van der Waals surface area contributed by atoms with Crippen molar-refractivity contribution in [3.05, 3.63) is 36.5 Å². The summed E-state index contributed by atoms with van der Waals surface area (Å²) in [6.07, 6.45) is 7.58. The van der Waals surface area contributed by atoms with Crippen molar-refractivity contribution in [3.8, 4) is 0 Å². The second-order valence-electron chi connectivity index (χ2n) is 3.25. The maximum atomic E-state index is 12.8. The molecule has 1 saturated heterocycles. The zero-order valence-corrected chi connectivity index (χ0v) is 7.96. The highest BCUT2D eigenvalue weighted by molar-refractivity contribution is 5.25. The molecule has 0 saturated carbocycles. The fourth-order valence-electron chi connectivity index (χ4n) is 1.38. The third kappa shape index (κ3) is 3.15. The molecular formula is C11H16FN. The summed E-state index contributed by atoms with van der Waals surface area (Å²) in [5.74, 6) is 0. The van der Waals surface area contributed by atoms with Crippen LogP contribution in [0.3, 0.4) is 0 Å². The van der Waals surface area contributed by atoms with Gasteiger partial charge in [0.25, 0.3) is 0 Å². The first-order chi connectivity index (χ1) is 6.24. The first-order valence-corrected chi connectivity index (χ1v) is 4.59. The van der Waals surface area contributed by atoms with Crippen LogP contribution in [0.25, 0.3) is 0 Å². The van der Waals surface area contributed by atoms with Crippen molar-refractivity contribution in [2.24, 2.45) is 0 Å². The second kappa shape index (κ2) is 4.97. The van der Waals surface area contributed by atoms with Crippen LogP contribution in [-0.2, 0) is 0 Å². The minimum absolute atomic E-state index is 0.122. The van der Waals surface area contributed by atoms with E-state index in [1.807, 2.05) is 31.2 Å². The molecule has 0 aromatic carbocycles. The van der Waals surface area contributed by atoms with Gasteiger partial charge in [-0.25, -0.2) is 4.39 Å². The van der Waals surface area contributed by atoms with Crippen LogP contribution in [-0.4, -0.2) is 18.8 Å². The molecule has 13 heavy (non-hydrogen) atoms. The van der Waals surface area contributed by atoms with E-state index in [1.54, 1.807) is 0 Å². The van der Waals surface area contributed by atoms with Gasteiger partial charge in [-0.2, -0.15) is 0 Å². The lowest BCUT2D eigenvalue weighted by Crippen LogP contribution is -2.22. The predicted octanol–water partition coefficient (Wildman–Crippen LogP) is 2.37. The normalized spacial score (nSPS) is 29.1. The lowest BCUT2D eigenvalue weighted by atomic mass is 10.1. The first-order valence-electron chi connectivity index (χ1n) is 4.59. The summed E-state index contributed by atoms with van der Waals surface area (Å²) in [5, 5.41) is 3.08. The maximum absolute atomic E-state index is 12.8. The molecule has 0 aliphatic carbocycles. The van der Waals surface area contributed by atoms with Gasteiger partial charge in [0.05, 0.1) is 0 Å². The zero-order valence-electron chi connectivity index (χ0n) is 7.96. The Hall–Kier alpha value is -0.890. The molecule has 0 aromatic rings. The van der Waals surface area contributed by atoms with Gasteiger partial charge in [0.15, 0.2) is 0 Å². The van der Waals surface area contributed by atoms with E-state index in [2.05, 4.69) is 11.9 Å². The molecule has 1 aliphatic heterocycles. The van der Waals surface area contributed by atoms with Crippen LogP contribution >= 0.6 is 0 Å². The molecular weight excluding hydrogens is 165 g/mol. The predicted molar refractivity (Wildman–Crippen MR) is 54.4 cm³/mol. The standard InChI is InChI=1S/C11H16FN/c1-3-4-5-6-9(2)11-7-10(12)8-13-11/h3-6,10-11,13H,2,7-8H2,1H3/b4-3-,6-5-/t10-,11+/m0/s1. The molecule has 2 atom stereocenters. The summed E-state index contributed by atoms with van der Waals surface area (Å²) in [6.45, 7) is 6.31. The maximum Gasteiger partial charge on any atom is 0.114 e. The number of allylic oxidation sites excluding steroid dienone is 3. The van der Waals surface area contributed by atoms with Crippen LogP contribution in [0.4, 0.5) is 4.39 Å². The molecule has 0 amide bonds. The summed E-state index contributed by atoms with van der Waals surface area (Å²) in [4.78, 5) is 0. The molecule has 0 radical (unpaired) electrons. The van der Waals surface area contributed by atoms with E-state index < -0.39 is 6.17 Å². The Morgan fingerprint density at radius 2 is 2.31 bits per heavy atom. The highest BCUT2D eigenvalue weighted by Crippen LogP contribution is 2.16. The molecule has 0 spiro atoms. The van der Waals surface area contributed by atoms with Crippen LogP contribution in [0.2, 0.25) is 0 Å². The molecule has 1 aliphatic rings. The van der Waals surface area contributed by atoms with Crippen LogP contribution in [0, 0.1) is 0 Å². The van der Waals surface area contributed by atoms with Gasteiger partial charge in [0.2, 0.25) is 0 Å². The number of rotatable bonds is 3. The Morgan fingerprint density at radius 3 is 2.85 bits per heavy atom. The Bertz CT molecular complexity index is 230. The molecule has 72 valence electrons. The van der Waals surface area contributed by atoms with Crippen molar-refractivity contribution < 1.29 is 4.39 Å². The van der Waals surface area contributed by atoms with E-state index in [-0.39, 0.29) is 6.04 Å². The van der Waals surface area contributed by atoms with Crippen molar-refractivity contribution in [3.63, 3.8) is 0 Å². The molecule has 0 unspecified atom stereocenters.